The maximum Gasteiger partial charge on any atom is 0.449 e. The molecule has 0 unspecified atom stereocenters. The van der Waals surface area contributed by atoms with E-state index in [1.165, 1.54) is 50.7 Å². The quantitative estimate of drug-likeness (QED) is 0.619. The Bertz CT molecular complexity index is 1130. The first-order chi connectivity index (χ1) is 13.7. The van der Waals surface area contributed by atoms with Crippen molar-refractivity contribution in [2.75, 3.05) is 20.8 Å². The number of methoxy groups -OCH3 is 2. The molecule has 0 aliphatic carbocycles. The summed E-state index contributed by atoms with van der Waals surface area (Å²) >= 11 is 0. The molecule has 1 aromatic carbocycles. The minimum atomic E-state index is -4.71. The third-order valence-electron chi connectivity index (χ3n) is 4.05. The molecule has 0 spiro atoms. The molecule has 0 fully saturated rings. The molecule has 0 saturated heterocycles. The van der Waals surface area contributed by atoms with Gasteiger partial charge in [-0.1, -0.05) is 0 Å². The van der Waals surface area contributed by atoms with Crippen LogP contribution in [0.5, 0.6) is 11.5 Å². The zero-order valence-corrected chi connectivity index (χ0v) is 16.2. The van der Waals surface area contributed by atoms with Crippen molar-refractivity contribution >= 4 is 21.2 Å². The van der Waals surface area contributed by atoms with Crippen LogP contribution in [0.4, 0.5) is 13.2 Å². The maximum atomic E-state index is 13.3. The molecule has 29 heavy (non-hydrogen) atoms. The van der Waals surface area contributed by atoms with E-state index in [1.807, 2.05) is 0 Å². The monoisotopic (exact) mass is 430 g/mol. The molecule has 0 radical (unpaired) electrons. The van der Waals surface area contributed by atoms with E-state index in [0.29, 0.717) is 5.75 Å². The minimum absolute atomic E-state index is 0.0186. The standard InChI is InChI=1S/C17H17F3N4O4S/c1-27-13-6-5-11(10-14(13)28-2)29(25,26)22-8-9-24-15-12(4-3-7-21-15)23-16(24)17(18,19)20/h3-7,10,22H,8-9H2,1-2H3. The first-order valence-electron chi connectivity index (χ1n) is 8.27. The summed E-state index contributed by atoms with van der Waals surface area (Å²) in [6.07, 6.45) is -3.36. The Morgan fingerprint density at radius 2 is 1.86 bits per heavy atom. The zero-order chi connectivity index (χ0) is 21.2. The highest BCUT2D eigenvalue weighted by molar-refractivity contribution is 7.89. The van der Waals surface area contributed by atoms with Crippen LogP contribution in [0.1, 0.15) is 5.82 Å². The Balaban J connectivity index is 1.83. The maximum absolute atomic E-state index is 13.3. The van der Waals surface area contributed by atoms with Gasteiger partial charge in [0.25, 0.3) is 0 Å². The van der Waals surface area contributed by atoms with Crippen LogP contribution >= 0.6 is 0 Å². The number of nitrogens with zero attached hydrogens (tertiary/aromatic N) is 3. The molecule has 2 aromatic heterocycles. The number of ether oxygens (including phenoxy) is 2. The van der Waals surface area contributed by atoms with Crippen LogP contribution in [0.3, 0.4) is 0 Å². The lowest BCUT2D eigenvalue weighted by molar-refractivity contribution is -0.146. The lowest BCUT2D eigenvalue weighted by Crippen LogP contribution is -2.29. The van der Waals surface area contributed by atoms with Crippen molar-refractivity contribution in [1.29, 1.82) is 0 Å². The van der Waals surface area contributed by atoms with Crippen LogP contribution in [0.15, 0.2) is 41.4 Å². The van der Waals surface area contributed by atoms with E-state index < -0.39 is 22.0 Å². The predicted molar refractivity (Wildman–Crippen MR) is 97.3 cm³/mol. The van der Waals surface area contributed by atoms with Gasteiger partial charge in [0.2, 0.25) is 15.8 Å². The van der Waals surface area contributed by atoms with Crippen LogP contribution < -0.4 is 14.2 Å². The van der Waals surface area contributed by atoms with Gasteiger partial charge in [0.05, 0.1) is 19.1 Å². The topological polar surface area (TPSA) is 95.3 Å². The first-order valence-corrected chi connectivity index (χ1v) is 9.76. The number of alkyl halides is 3. The Hall–Kier alpha value is -2.86. The van der Waals surface area contributed by atoms with Crippen molar-refractivity contribution in [1.82, 2.24) is 19.3 Å². The van der Waals surface area contributed by atoms with E-state index in [-0.39, 0.29) is 34.9 Å². The Labute approximate surface area is 164 Å². The molecule has 156 valence electrons. The molecule has 1 N–H and O–H groups in total. The number of rotatable bonds is 7. The van der Waals surface area contributed by atoms with Crippen molar-refractivity contribution < 1.29 is 31.1 Å². The molecule has 0 aliphatic heterocycles. The number of fused-ring (bicyclic) bond motifs is 1. The highest BCUT2D eigenvalue weighted by atomic mass is 32.2. The minimum Gasteiger partial charge on any atom is -0.493 e. The van der Waals surface area contributed by atoms with Crippen LogP contribution in [-0.4, -0.2) is 43.7 Å². The third kappa shape index (κ3) is 4.27. The van der Waals surface area contributed by atoms with Crippen molar-refractivity contribution in [2.45, 2.75) is 17.6 Å². The summed E-state index contributed by atoms with van der Waals surface area (Å²) in [5.41, 5.74) is 0.0905. The fraction of sp³-hybridized carbons (Fsp3) is 0.294. The highest BCUT2D eigenvalue weighted by Gasteiger charge is 2.37. The molecule has 0 bridgehead atoms. The van der Waals surface area contributed by atoms with Gasteiger partial charge in [-0.05, 0) is 24.3 Å². The molecule has 8 nitrogen and oxygen atoms in total. The Morgan fingerprint density at radius 3 is 2.52 bits per heavy atom. The number of hydrogen-bond acceptors (Lipinski definition) is 6. The number of nitrogens with one attached hydrogen (secondary N) is 1. The summed E-state index contributed by atoms with van der Waals surface area (Å²) in [6, 6.07) is 6.86. The molecule has 0 saturated carbocycles. The largest absolute Gasteiger partial charge is 0.493 e. The number of pyridine rings is 1. The average Bonchev–Trinajstić information content (AvgIpc) is 3.06. The molecular formula is C17H17F3N4O4S. The van der Waals surface area contributed by atoms with E-state index in [4.69, 9.17) is 9.47 Å². The molecule has 0 amide bonds. The summed E-state index contributed by atoms with van der Waals surface area (Å²) in [6.45, 7) is -0.614. The molecule has 2 heterocycles. The number of benzene rings is 1. The fourth-order valence-electron chi connectivity index (χ4n) is 2.75. The van der Waals surface area contributed by atoms with Crippen LogP contribution in [0.2, 0.25) is 0 Å². The van der Waals surface area contributed by atoms with Crippen LogP contribution in [-0.2, 0) is 22.7 Å². The highest BCUT2D eigenvalue weighted by Crippen LogP contribution is 2.31. The van der Waals surface area contributed by atoms with Crippen molar-refractivity contribution in [3.63, 3.8) is 0 Å². The zero-order valence-electron chi connectivity index (χ0n) is 15.4. The second-order valence-electron chi connectivity index (χ2n) is 5.85. The second kappa shape index (κ2) is 7.87. The summed E-state index contributed by atoms with van der Waals surface area (Å²) in [5.74, 6) is -0.590. The summed E-state index contributed by atoms with van der Waals surface area (Å²) in [4.78, 5) is 7.38. The molecular weight excluding hydrogens is 413 g/mol. The predicted octanol–water partition coefficient (Wildman–Crippen LogP) is 2.45. The smallest absolute Gasteiger partial charge is 0.449 e. The second-order valence-corrected chi connectivity index (χ2v) is 7.61. The van der Waals surface area contributed by atoms with Gasteiger partial charge in [-0.3, -0.25) is 0 Å². The van der Waals surface area contributed by atoms with Crippen molar-refractivity contribution in [2.24, 2.45) is 0 Å². The summed E-state index contributed by atoms with van der Waals surface area (Å²) in [5, 5.41) is 0. The van der Waals surface area contributed by atoms with Gasteiger partial charge in [0, 0.05) is 25.4 Å². The molecule has 3 aromatic rings. The van der Waals surface area contributed by atoms with E-state index in [0.717, 1.165) is 4.57 Å². The number of hydrogen-bond donors (Lipinski definition) is 1. The normalized spacial score (nSPS) is 12.3. The number of imidazole rings is 1. The van der Waals surface area contributed by atoms with E-state index in [9.17, 15) is 21.6 Å². The molecule has 12 heteroatoms. The van der Waals surface area contributed by atoms with E-state index in [1.54, 1.807) is 0 Å². The van der Waals surface area contributed by atoms with Gasteiger partial charge < -0.3 is 14.0 Å². The van der Waals surface area contributed by atoms with E-state index in [2.05, 4.69) is 14.7 Å². The van der Waals surface area contributed by atoms with Gasteiger partial charge in [-0.2, -0.15) is 13.2 Å². The van der Waals surface area contributed by atoms with Gasteiger partial charge in [-0.25, -0.2) is 23.1 Å². The van der Waals surface area contributed by atoms with Crippen molar-refractivity contribution in [3.05, 3.63) is 42.4 Å². The molecule has 0 aliphatic rings. The van der Waals surface area contributed by atoms with E-state index >= 15 is 0 Å². The summed E-state index contributed by atoms with van der Waals surface area (Å²) in [7, 11) is -1.23. The average molecular weight is 430 g/mol. The Morgan fingerprint density at radius 1 is 1.14 bits per heavy atom. The number of halogens is 3. The van der Waals surface area contributed by atoms with Crippen LogP contribution in [0.25, 0.3) is 11.2 Å². The number of sulfonamides is 1. The van der Waals surface area contributed by atoms with Gasteiger partial charge >= 0.3 is 6.18 Å². The van der Waals surface area contributed by atoms with Gasteiger partial charge in [-0.15, -0.1) is 0 Å². The number of aromatic nitrogens is 3. The third-order valence-corrected chi connectivity index (χ3v) is 5.51. The van der Waals surface area contributed by atoms with Crippen LogP contribution in [0, 0.1) is 0 Å². The van der Waals surface area contributed by atoms with Crippen molar-refractivity contribution in [3.8, 4) is 11.5 Å². The Kier molecular flexibility index (Phi) is 5.66. The summed E-state index contributed by atoms with van der Waals surface area (Å²) < 4.78 is 78.1. The lowest BCUT2D eigenvalue weighted by Gasteiger charge is -2.13. The molecule has 3 rings (SSSR count). The first kappa shape index (κ1) is 20.9. The van der Waals surface area contributed by atoms with Gasteiger partial charge in [0.15, 0.2) is 17.1 Å². The lowest BCUT2D eigenvalue weighted by atomic mass is 10.3. The fourth-order valence-corrected chi connectivity index (χ4v) is 3.78. The molecule has 0 atom stereocenters. The van der Waals surface area contributed by atoms with Gasteiger partial charge in [0.1, 0.15) is 5.52 Å². The SMILES string of the molecule is COc1ccc(S(=O)(=O)NCCn2c(C(F)(F)F)nc3cccnc32)cc1OC.